The second kappa shape index (κ2) is 12.7. The van der Waals surface area contributed by atoms with E-state index in [0.29, 0.717) is 11.1 Å². The number of aryl methyl sites for hydroxylation is 7. The Hall–Kier alpha value is -3.73. The van der Waals surface area contributed by atoms with Crippen LogP contribution in [0, 0.1) is 62.3 Å². The molecular formula is C30H36O5. The fourth-order valence-electron chi connectivity index (χ4n) is 3.81. The number of rotatable bonds is 3. The summed E-state index contributed by atoms with van der Waals surface area (Å²) in [5.41, 5.74) is 11.2. The van der Waals surface area contributed by atoms with Crippen molar-refractivity contribution in [3.05, 3.63) is 103 Å². The molecule has 0 atom stereocenters. The van der Waals surface area contributed by atoms with Gasteiger partial charge in [0.1, 0.15) is 6.29 Å². The van der Waals surface area contributed by atoms with E-state index in [9.17, 15) is 14.4 Å². The SMILES string of the molecule is Cc1cc(C(=O)O)cc(C)c1C.Cc1cc(C)c(C(=O)O)c(C)c1.Cc1cc(C=O)cc(C)c1C. The highest BCUT2D eigenvalue weighted by molar-refractivity contribution is 5.91. The van der Waals surface area contributed by atoms with Crippen LogP contribution in [0.3, 0.4) is 0 Å². The molecular weight excluding hydrogens is 440 g/mol. The summed E-state index contributed by atoms with van der Waals surface area (Å²) in [4.78, 5) is 31.8. The normalized spacial score (nSPS) is 9.86. The Kier molecular flexibility index (Phi) is 10.6. The van der Waals surface area contributed by atoms with Gasteiger partial charge in [0.15, 0.2) is 0 Å². The molecule has 0 fully saturated rings. The van der Waals surface area contributed by atoms with Crippen LogP contribution in [0.2, 0.25) is 0 Å². The minimum Gasteiger partial charge on any atom is -0.478 e. The van der Waals surface area contributed by atoms with Crippen LogP contribution >= 0.6 is 0 Å². The van der Waals surface area contributed by atoms with Gasteiger partial charge in [0.05, 0.1) is 11.1 Å². The first-order chi connectivity index (χ1) is 16.2. The van der Waals surface area contributed by atoms with Crippen molar-refractivity contribution in [1.82, 2.24) is 0 Å². The third-order valence-electron chi connectivity index (χ3n) is 6.15. The van der Waals surface area contributed by atoms with Crippen LogP contribution in [0.5, 0.6) is 0 Å². The Labute approximate surface area is 208 Å². The van der Waals surface area contributed by atoms with E-state index in [-0.39, 0.29) is 0 Å². The molecule has 0 heterocycles. The number of hydrogen-bond donors (Lipinski definition) is 2. The van der Waals surface area contributed by atoms with Crippen LogP contribution in [-0.4, -0.2) is 28.4 Å². The first-order valence-electron chi connectivity index (χ1n) is 11.3. The van der Waals surface area contributed by atoms with Crippen LogP contribution in [-0.2, 0) is 0 Å². The van der Waals surface area contributed by atoms with Crippen molar-refractivity contribution >= 4 is 18.2 Å². The molecule has 0 aliphatic heterocycles. The molecule has 0 aliphatic rings. The quantitative estimate of drug-likeness (QED) is 0.395. The van der Waals surface area contributed by atoms with Gasteiger partial charge in [-0.3, -0.25) is 4.79 Å². The van der Waals surface area contributed by atoms with Crippen molar-refractivity contribution in [3.8, 4) is 0 Å². The summed E-state index contributed by atoms with van der Waals surface area (Å²) in [6.07, 6.45) is 0.888. The zero-order valence-electron chi connectivity index (χ0n) is 22.2. The number of carbonyl (C=O) groups is 3. The molecule has 5 nitrogen and oxygen atoms in total. The van der Waals surface area contributed by atoms with Crippen molar-refractivity contribution in [2.75, 3.05) is 0 Å². The number of carboxylic acids is 2. The van der Waals surface area contributed by atoms with Gasteiger partial charge < -0.3 is 10.2 Å². The molecule has 0 spiro atoms. The van der Waals surface area contributed by atoms with Gasteiger partial charge in [-0.05, 0) is 131 Å². The van der Waals surface area contributed by atoms with E-state index in [1.807, 2.05) is 79.7 Å². The second-order valence-corrected chi connectivity index (χ2v) is 9.02. The molecule has 0 amide bonds. The highest BCUT2D eigenvalue weighted by Crippen LogP contribution is 2.16. The molecule has 0 saturated heterocycles. The number of aldehydes is 1. The summed E-state index contributed by atoms with van der Waals surface area (Å²) in [5.74, 6) is -1.70. The Bertz CT molecular complexity index is 1180. The summed E-state index contributed by atoms with van der Waals surface area (Å²) in [7, 11) is 0. The number of carboxylic acid groups (broad SMARTS) is 2. The summed E-state index contributed by atoms with van der Waals surface area (Å²) < 4.78 is 0. The largest absolute Gasteiger partial charge is 0.478 e. The molecule has 0 aliphatic carbocycles. The highest BCUT2D eigenvalue weighted by Gasteiger charge is 2.10. The molecule has 0 unspecified atom stereocenters. The fraction of sp³-hybridized carbons (Fsp3) is 0.300. The minimum atomic E-state index is -0.860. The van der Waals surface area contributed by atoms with Crippen LogP contribution in [0.4, 0.5) is 0 Å². The Morgan fingerprint density at radius 1 is 0.571 bits per heavy atom. The first-order valence-corrected chi connectivity index (χ1v) is 11.3. The number of aromatic carboxylic acids is 2. The monoisotopic (exact) mass is 476 g/mol. The Balaban J connectivity index is 0.000000263. The average molecular weight is 477 g/mol. The molecule has 5 heteroatoms. The molecule has 0 aromatic heterocycles. The van der Waals surface area contributed by atoms with E-state index in [1.165, 1.54) is 22.3 Å². The fourth-order valence-corrected chi connectivity index (χ4v) is 3.81. The molecule has 0 radical (unpaired) electrons. The van der Waals surface area contributed by atoms with E-state index in [4.69, 9.17) is 10.2 Å². The lowest BCUT2D eigenvalue weighted by molar-refractivity contribution is 0.0685. The van der Waals surface area contributed by atoms with Crippen LogP contribution < -0.4 is 0 Å². The zero-order chi connectivity index (χ0) is 27.0. The second-order valence-electron chi connectivity index (χ2n) is 9.02. The maximum absolute atomic E-state index is 10.8. The Morgan fingerprint density at radius 2 is 0.943 bits per heavy atom. The third-order valence-corrected chi connectivity index (χ3v) is 6.15. The van der Waals surface area contributed by atoms with Crippen LogP contribution in [0.1, 0.15) is 81.1 Å². The van der Waals surface area contributed by atoms with Crippen molar-refractivity contribution in [3.63, 3.8) is 0 Å². The Morgan fingerprint density at radius 3 is 1.26 bits per heavy atom. The molecule has 3 aromatic carbocycles. The lowest BCUT2D eigenvalue weighted by atomic mass is 10.0. The van der Waals surface area contributed by atoms with E-state index in [1.54, 1.807) is 12.1 Å². The lowest BCUT2D eigenvalue weighted by Crippen LogP contribution is -2.03. The smallest absolute Gasteiger partial charge is 0.336 e. The molecule has 35 heavy (non-hydrogen) atoms. The lowest BCUT2D eigenvalue weighted by Gasteiger charge is -2.05. The van der Waals surface area contributed by atoms with E-state index in [2.05, 4.69) is 6.92 Å². The summed E-state index contributed by atoms with van der Waals surface area (Å²) >= 11 is 0. The van der Waals surface area contributed by atoms with Gasteiger partial charge in [-0.2, -0.15) is 0 Å². The molecule has 3 aromatic rings. The average Bonchev–Trinajstić information content (AvgIpc) is 2.74. The van der Waals surface area contributed by atoms with E-state index >= 15 is 0 Å². The number of benzene rings is 3. The standard InChI is InChI=1S/2C10H12O2.C10H12O/c1-6-4-9(10(11)12)5-7(2)8(6)3;1-6-4-7(2)9(10(11)12)8(3)5-6;1-7-4-10(6-11)5-8(2)9(7)3/h2*4-5H,1-3H3,(H,11,12);4-6H,1-3H3. The van der Waals surface area contributed by atoms with Gasteiger partial charge in [-0.15, -0.1) is 0 Å². The van der Waals surface area contributed by atoms with E-state index < -0.39 is 11.9 Å². The molecule has 3 rings (SSSR count). The van der Waals surface area contributed by atoms with Crippen LogP contribution in [0.15, 0.2) is 36.4 Å². The van der Waals surface area contributed by atoms with Gasteiger partial charge in [0, 0.05) is 5.56 Å². The predicted molar refractivity (Wildman–Crippen MR) is 141 cm³/mol. The van der Waals surface area contributed by atoms with Crippen molar-refractivity contribution < 1.29 is 24.6 Å². The third kappa shape index (κ3) is 8.21. The van der Waals surface area contributed by atoms with Gasteiger partial charge in [-0.25, -0.2) is 9.59 Å². The number of hydrogen-bond acceptors (Lipinski definition) is 3. The summed E-state index contributed by atoms with van der Waals surface area (Å²) in [6, 6.07) is 11.0. The molecule has 0 saturated carbocycles. The molecule has 0 bridgehead atoms. The van der Waals surface area contributed by atoms with Crippen molar-refractivity contribution in [2.45, 2.75) is 62.3 Å². The first kappa shape index (κ1) is 29.3. The zero-order valence-corrected chi connectivity index (χ0v) is 22.2. The predicted octanol–water partition coefficient (Wildman–Crippen LogP) is 7.04. The van der Waals surface area contributed by atoms with Crippen molar-refractivity contribution in [2.24, 2.45) is 0 Å². The summed E-state index contributed by atoms with van der Waals surface area (Å²) in [5, 5.41) is 17.6. The molecule has 186 valence electrons. The van der Waals surface area contributed by atoms with Gasteiger partial charge in [-0.1, -0.05) is 17.7 Å². The van der Waals surface area contributed by atoms with Gasteiger partial charge >= 0.3 is 11.9 Å². The topological polar surface area (TPSA) is 91.7 Å². The van der Waals surface area contributed by atoms with E-state index in [0.717, 1.165) is 39.7 Å². The number of carbonyl (C=O) groups excluding carboxylic acids is 1. The maximum atomic E-state index is 10.8. The highest BCUT2D eigenvalue weighted by atomic mass is 16.4. The van der Waals surface area contributed by atoms with Gasteiger partial charge in [0.25, 0.3) is 0 Å². The summed E-state index contributed by atoms with van der Waals surface area (Å²) in [6.45, 7) is 17.6. The minimum absolute atomic E-state index is 0.371. The van der Waals surface area contributed by atoms with Gasteiger partial charge in [0.2, 0.25) is 0 Å². The molecule has 2 N–H and O–H groups in total. The maximum Gasteiger partial charge on any atom is 0.336 e. The van der Waals surface area contributed by atoms with Crippen LogP contribution in [0.25, 0.3) is 0 Å². The van der Waals surface area contributed by atoms with Crippen molar-refractivity contribution in [1.29, 1.82) is 0 Å².